The van der Waals surface area contributed by atoms with Crippen molar-refractivity contribution in [2.45, 2.75) is 52.1 Å². The van der Waals surface area contributed by atoms with E-state index in [0.29, 0.717) is 5.75 Å². The first-order chi connectivity index (χ1) is 12.5. The number of esters is 2. The van der Waals surface area contributed by atoms with Gasteiger partial charge >= 0.3 is 11.9 Å². The Kier molecular flexibility index (Phi) is 5.71. The van der Waals surface area contributed by atoms with Gasteiger partial charge in [0.1, 0.15) is 11.9 Å². The number of rotatable bonds is 4. The third kappa shape index (κ3) is 4.31. The van der Waals surface area contributed by atoms with Gasteiger partial charge in [-0.25, -0.2) is 9.59 Å². The van der Waals surface area contributed by atoms with E-state index in [1.54, 1.807) is 30.3 Å². The highest BCUT2D eigenvalue weighted by Crippen LogP contribution is 2.23. The van der Waals surface area contributed by atoms with Crippen LogP contribution in [0.15, 0.2) is 42.5 Å². The molecule has 1 saturated carbocycles. The van der Waals surface area contributed by atoms with Crippen LogP contribution < -0.4 is 4.74 Å². The fourth-order valence-corrected chi connectivity index (χ4v) is 3.18. The number of benzene rings is 2. The molecule has 0 saturated heterocycles. The van der Waals surface area contributed by atoms with Gasteiger partial charge < -0.3 is 9.47 Å². The standard InChI is InChI=1S/C22H24O4/c1-15-12-13-18(14-16(15)2)26-22(24)20-11-7-6-10-19(20)21(23)25-17-8-4-3-5-9-17/h6-7,10-14,17H,3-5,8-9H2,1-2H3. The molecule has 0 unspecified atom stereocenters. The van der Waals surface area contributed by atoms with Crippen LogP contribution in [0.4, 0.5) is 0 Å². The molecule has 0 aromatic heterocycles. The molecular weight excluding hydrogens is 328 g/mol. The molecule has 0 aliphatic heterocycles. The monoisotopic (exact) mass is 352 g/mol. The minimum absolute atomic E-state index is 0.0555. The van der Waals surface area contributed by atoms with Crippen molar-refractivity contribution < 1.29 is 19.1 Å². The van der Waals surface area contributed by atoms with E-state index in [1.165, 1.54) is 6.42 Å². The molecule has 0 amide bonds. The van der Waals surface area contributed by atoms with Gasteiger partial charge in [-0.2, -0.15) is 0 Å². The topological polar surface area (TPSA) is 52.6 Å². The number of hydrogen-bond acceptors (Lipinski definition) is 4. The maximum Gasteiger partial charge on any atom is 0.344 e. The van der Waals surface area contributed by atoms with E-state index in [2.05, 4.69) is 0 Å². The molecule has 1 aliphatic rings. The van der Waals surface area contributed by atoms with Gasteiger partial charge in [0.25, 0.3) is 0 Å². The van der Waals surface area contributed by atoms with E-state index in [1.807, 2.05) is 26.0 Å². The summed E-state index contributed by atoms with van der Waals surface area (Å²) in [4.78, 5) is 25.2. The molecule has 1 fully saturated rings. The maximum atomic E-state index is 12.6. The SMILES string of the molecule is Cc1ccc(OC(=O)c2ccccc2C(=O)OC2CCCCC2)cc1C. The second-order valence-corrected chi connectivity index (χ2v) is 6.85. The Morgan fingerprint density at radius 2 is 1.50 bits per heavy atom. The zero-order chi connectivity index (χ0) is 18.5. The van der Waals surface area contributed by atoms with Gasteiger partial charge in [-0.15, -0.1) is 0 Å². The zero-order valence-electron chi connectivity index (χ0n) is 15.3. The summed E-state index contributed by atoms with van der Waals surface area (Å²) in [6, 6.07) is 12.1. The van der Waals surface area contributed by atoms with E-state index in [0.717, 1.165) is 36.8 Å². The lowest BCUT2D eigenvalue weighted by Crippen LogP contribution is -2.23. The molecule has 136 valence electrons. The first kappa shape index (κ1) is 18.2. The summed E-state index contributed by atoms with van der Waals surface area (Å²) in [5.41, 5.74) is 2.65. The highest BCUT2D eigenvalue weighted by atomic mass is 16.5. The average Bonchev–Trinajstić information content (AvgIpc) is 2.65. The Morgan fingerprint density at radius 3 is 2.15 bits per heavy atom. The Balaban J connectivity index is 1.75. The quantitative estimate of drug-likeness (QED) is 0.573. The fraction of sp³-hybridized carbons (Fsp3) is 0.364. The van der Waals surface area contributed by atoms with E-state index in [-0.39, 0.29) is 17.2 Å². The van der Waals surface area contributed by atoms with Crippen molar-refractivity contribution in [2.75, 3.05) is 0 Å². The molecule has 1 aliphatic carbocycles. The number of carbonyl (C=O) groups excluding carboxylic acids is 2. The molecule has 0 bridgehead atoms. The molecule has 3 rings (SSSR count). The molecule has 2 aromatic rings. The summed E-state index contributed by atoms with van der Waals surface area (Å²) in [5.74, 6) is -0.539. The summed E-state index contributed by atoms with van der Waals surface area (Å²) < 4.78 is 11.1. The molecule has 2 aromatic carbocycles. The van der Waals surface area contributed by atoms with Gasteiger partial charge in [0.15, 0.2) is 0 Å². The van der Waals surface area contributed by atoms with Crippen molar-refractivity contribution in [3.8, 4) is 5.75 Å². The summed E-state index contributed by atoms with van der Waals surface area (Å²) >= 11 is 0. The average molecular weight is 352 g/mol. The van der Waals surface area contributed by atoms with Gasteiger partial charge in [-0.1, -0.05) is 24.6 Å². The zero-order valence-corrected chi connectivity index (χ0v) is 15.3. The van der Waals surface area contributed by atoms with Crippen molar-refractivity contribution in [3.63, 3.8) is 0 Å². The number of carbonyl (C=O) groups is 2. The van der Waals surface area contributed by atoms with Crippen LogP contribution in [-0.2, 0) is 4.74 Å². The normalized spacial score (nSPS) is 14.7. The smallest absolute Gasteiger partial charge is 0.344 e. The van der Waals surface area contributed by atoms with Crippen LogP contribution in [0.25, 0.3) is 0 Å². The van der Waals surface area contributed by atoms with Crippen molar-refractivity contribution in [1.29, 1.82) is 0 Å². The Bertz CT molecular complexity index is 804. The number of ether oxygens (including phenoxy) is 2. The molecule has 4 heteroatoms. The predicted octanol–water partition coefficient (Wildman–Crippen LogP) is 5.01. The van der Waals surface area contributed by atoms with Crippen molar-refractivity contribution in [1.82, 2.24) is 0 Å². The van der Waals surface area contributed by atoms with Gasteiger partial charge in [0.2, 0.25) is 0 Å². The summed E-state index contributed by atoms with van der Waals surface area (Å²) in [6.07, 6.45) is 5.07. The van der Waals surface area contributed by atoms with Crippen LogP contribution in [0.2, 0.25) is 0 Å². The highest BCUT2D eigenvalue weighted by molar-refractivity contribution is 6.03. The van der Waals surface area contributed by atoms with Crippen LogP contribution in [0.1, 0.15) is 63.9 Å². The van der Waals surface area contributed by atoms with E-state index in [4.69, 9.17) is 9.47 Å². The second-order valence-electron chi connectivity index (χ2n) is 6.85. The lowest BCUT2D eigenvalue weighted by molar-refractivity contribution is 0.0207. The summed E-state index contributed by atoms with van der Waals surface area (Å²) in [7, 11) is 0. The largest absolute Gasteiger partial charge is 0.459 e. The van der Waals surface area contributed by atoms with Gasteiger partial charge in [0, 0.05) is 0 Å². The first-order valence-electron chi connectivity index (χ1n) is 9.14. The fourth-order valence-electron chi connectivity index (χ4n) is 3.18. The van der Waals surface area contributed by atoms with Crippen molar-refractivity contribution >= 4 is 11.9 Å². The van der Waals surface area contributed by atoms with Gasteiger partial charge in [-0.05, 0) is 74.9 Å². The summed E-state index contributed by atoms with van der Waals surface area (Å²) in [6.45, 7) is 3.96. The van der Waals surface area contributed by atoms with Crippen LogP contribution >= 0.6 is 0 Å². The molecule has 0 atom stereocenters. The van der Waals surface area contributed by atoms with Crippen molar-refractivity contribution in [2.24, 2.45) is 0 Å². The minimum atomic E-state index is -0.551. The summed E-state index contributed by atoms with van der Waals surface area (Å²) in [5, 5.41) is 0. The lowest BCUT2D eigenvalue weighted by Gasteiger charge is -2.22. The van der Waals surface area contributed by atoms with Crippen LogP contribution in [0, 0.1) is 13.8 Å². The second kappa shape index (κ2) is 8.17. The molecule has 26 heavy (non-hydrogen) atoms. The Morgan fingerprint density at radius 1 is 0.846 bits per heavy atom. The predicted molar refractivity (Wildman–Crippen MR) is 99.6 cm³/mol. The molecule has 0 radical (unpaired) electrons. The highest BCUT2D eigenvalue weighted by Gasteiger charge is 2.23. The number of hydrogen-bond donors (Lipinski definition) is 0. The van der Waals surface area contributed by atoms with Crippen LogP contribution in [-0.4, -0.2) is 18.0 Å². The van der Waals surface area contributed by atoms with Gasteiger partial charge in [-0.3, -0.25) is 0 Å². The molecule has 4 nitrogen and oxygen atoms in total. The lowest BCUT2D eigenvalue weighted by atomic mass is 9.97. The van der Waals surface area contributed by atoms with Crippen LogP contribution in [0.3, 0.4) is 0 Å². The van der Waals surface area contributed by atoms with Crippen LogP contribution in [0.5, 0.6) is 5.75 Å². The molecule has 0 N–H and O–H groups in total. The van der Waals surface area contributed by atoms with Gasteiger partial charge in [0.05, 0.1) is 11.1 Å². The third-order valence-corrected chi connectivity index (χ3v) is 4.88. The third-order valence-electron chi connectivity index (χ3n) is 4.88. The van der Waals surface area contributed by atoms with E-state index in [9.17, 15) is 9.59 Å². The van der Waals surface area contributed by atoms with E-state index >= 15 is 0 Å². The minimum Gasteiger partial charge on any atom is -0.459 e. The first-order valence-corrected chi connectivity index (χ1v) is 9.14. The van der Waals surface area contributed by atoms with Crippen molar-refractivity contribution in [3.05, 3.63) is 64.7 Å². The van der Waals surface area contributed by atoms with E-state index < -0.39 is 11.9 Å². The molecular formula is C22H24O4. The molecule has 0 spiro atoms. The number of aryl methyl sites for hydroxylation is 2. The maximum absolute atomic E-state index is 12.6. The molecule has 0 heterocycles. The Hall–Kier alpha value is -2.62. The Labute approximate surface area is 154 Å².